The van der Waals surface area contributed by atoms with Gasteiger partial charge in [0.1, 0.15) is 5.75 Å². The van der Waals surface area contributed by atoms with Gasteiger partial charge in [-0.3, -0.25) is 4.79 Å². The maximum Gasteiger partial charge on any atom is 0.237 e. The van der Waals surface area contributed by atoms with Gasteiger partial charge < -0.3 is 19.4 Å². The lowest BCUT2D eigenvalue weighted by atomic mass is 9.99. The van der Waals surface area contributed by atoms with Crippen LogP contribution in [0.25, 0.3) is 0 Å². The number of likely N-dealkylation sites (N-methyl/N-ethyl adjacent to an activating group) is 1. The van der Waals surface area contributed by atoms with Crippen molar-refractivity contribution in [3.05, 3.63) is 29.3 Å². The summed E-state index contributed by atoms with van der Waals surface area (Å²) in [6.45, 7) is 6.43. The molecule has 1 aromatic rings. The zero-order chi connectivity index (χ0) is 18.4. The third-order valence-corrected chi connectivity index (χ3v) is 5.33. The van der Waals surface area contributed by atoms with Crippen molar-refractivity contribution in [1.29, 1.82) is 0 Å². The lowest BCUT2D eigenvalue weighted by Gasteiger charge is -2.30. The first kappa shape index (κ1) is 19.2. The Kier molecular flexibility index (Phi) is 6.92. The molecule has 26 heavy (non-hydrogen) atoms. The van der Waals surface area contributed by atoms with E-state index in [4.69, 9.17) is 4.74 Å². The average Bonchev–Trinajstić information content (AvgIpc) is 2.65. The third-order valence-electron chi connectivity index (χ3n) is 5.33. The van der Waals surface area contributed by atoms with E-state index < -0.39 is 0 Å². The van der Waals surface area contributed by atoms with Gasteiger partial charge in [-0.15, -0.1) is 0 Å². The van der Waals surface area contributed by atoms with E-state index in [1.807, 2.05) is 23.9 Å². The van der Waals surface area contributed by atoms with E-state index in [1.54, 1.807) is 0 Å². The molecule has 1 saturated heterocycles. The van der Waals surface area contributed by atoms with Crippen molar-refractivity contribution in [2.45, 2.75) is 38.6 Å². The minimum absolute atomic E-state index is 0.207. The van der Waals surface area contributed by atoms with Crippen LogP contribution in [0.1, 0.15) is 36.8 Å². The third kappa shape index (κ3) is 5.45. The predicted octanol–water partition coefficient (Wildman–Crippen LogP) is 2.39. The minimum Gasteiger partial charge on any atom is -0.494 e. The number of hydrogen-bond donors (Lipinski definition) is 0. The zero-order valence-electron chi connectivity index (χ0n) is 16.4. The fourth-order valence-electron chi connectivity index (χ4n) is 3.86. The summed E-state index contributed by atoms with van der Waals surface area (Å²) in [7, 11) is 3.87. The molecule has 1 aromatic carbocycles. The van der Waals surface area contributed by atoms with Crippen LogP contribution in [0, 0.1) is 0 Å². The average molecular weight is 360 g/mol. The normalized spacial score (nSPS) is 18.0. The molecule has 0 spiro atoms. The molecule has 0 N–H and O–H groups in total. The Bertz CT molecular complexity index is 597. The second-order valence-corrected chi connectivity index (χ2v) is 7.84. The molecular formula is C21H33N3O2. The fraction of sp³-hybridized carbons (Fsp3) is 0.667. The van der Waals surface area contributed by atoms with E-state index in [1.165, 1.54) is 43.5 Å². The van der Waals surface area contributed by atoms with Crippen molar-refractivity contribution in [3.63, 3.8) is 0 Å². The van der Waals surface area contributed by atoms with E-state index >= 15 is 0 Å². The van der Waals surface area contributed by atoms with Crippen molar-refractivity contribution in [1.82, 2.24) is 14.7 Å². The summed E-state index contributed by atoms with van der Waals surface area (Å²) in [6.07, 6.45) is 6.09. The molecule has 0 radical (unpaired) electrons. The lowest BCUT2D eigenvalue weighted by molar-refractivity contribution is -0.132. The number of fused-ring (bicyclic) bond motifs is 1. The second kappa shape index (κ2) is 9.38. The van der Waals surface area contributed by atoms with Gasteiger partial charge in [-0.1, -0.05) is 12.5 Å². The fourth-order valence-corrected chi connectivity index (χ4v) is 3.86. The molecule has 0 aromatic heterocycles. The molecule has 2 aliphatic rings. The summed E-state index contributed by atoms with van der Waals surface area (Å²) >= 11 is 0. The summed E-state index contributed by atoms with van der Waals surface area (Å²) in [5, 5.41) is 0. The van der Waals surface area contributed by atoms with Crippen LogP contribution in [0.15, 0.2) is 18.2 Å². The van der Waals surface area contributed by atoms with E-state index in [-0.39, 0.29) is 5.91 Å². The number of carbonyl (C=O) groups is 1. The van der Waals surface area contributed by atoms with E-state index in [2.05, 4.69) is 23.1 Å². The molecule has 2 aliphatic heterocycles. The summed E-state index contributed by atoms with van der Waals surface area (Å²) < 4.78 is 5.98. The number of hydrogen-bond acceptors (Lipinski definition) is 4. The van der Waals surface area contributed by atoms with Gasteiger partial charge in [-0.05, 0) is 76.1 Å². The highest BCUT2D eigenvalue weighted by atomic mass is 16.5. The molecular weight excluding hydrogens is 326 g/mol. The van der Waals surface area contributed by atoms with Gasteiger partial charge in [-0.2, -0.15) is 0 Å². The second-order valence-electron chi connectivity index (χ2n) is 7.84. The van der Waals surface area contributed by atoms with E-state index in [9.17, 15) is 4.79 Å². The molecule has 5 heteroatoms. The maximum absolute atomic E-state index is 12.2. The van der Waals surface area contributed by atoms with Gasteiger partial charge >= 0.3 is 0 Å². The number of piperidine rings is 1. The molecule has 1 fully saturated rings. The van der Waals surface area contributed by atoms with Gasteiger partial charge in [0.15, 0.2) is 0 Å². The monoisotopic (exact) mass is 359 g/mol. The number of amides is 1. The SMILES string of the molecule is CN(C)CC(=O)N1CCc2cc(OCCCN3CCCCC3)ccc2C1. The van der Waals surface area contributed by atoms with Crippen LogP contribution in [0.4, 0.5) is 0 Å². The van der Waals surface area contributed by atoms with E-state index in [0.29, 0.717) is 6.54 Å². The first-order chi connectivity index (χ1) is 12.6. The number of rotatable bonds is 7. The quantitative estimate of drug-likeness (QED) is 0.701. The standard InChI is InChI=1S/C21H33N3O2/c1-22(2)17-21(25)24-13-9-18-15-20(8-7-19(18)16-24)26-14-6-12-23-10-4-3-5-11-23/h7-8,15H,3-6,9-14,16-17H2,1-2H3. The van der Waals surface area contributed by atoms with Gasteiger partial charge in [0, 0.05) is 19.6 Å². The Morgan fingerprint density at radius 2 is 1.92 bits per heavy atom. The number of nitrogens with zero attached hydrogens (tertiary/aromatic N) is 3. The highest BCUT2D eigenvalue weighted by Crippen LogP contribution is 2.24. The highest BCUT2D eigenvalue weighted by molar-refractivity contribution is 5.78. The number of benzene rings is 1. The molecule has 144 valence electrons. The van der Waals surface area contributed by atoms with Crippen molar-refractivity contribution in [3.8, 4) is 5.75 Å². The Labute approximate surface area is 157 Å². The Balaban J connectivity index is 1.45. The Hall–Kier alpha value is -1.59. The van der Waals surface area contributed by atoms with Crippen LogP contribution < -0.4 is 4.74 Å². The van der Waals surface area contributed by atoms with Crippen LogP contribution in [-0.2, 0) is 17.8 Å². The molecule has 2 heterocycles. The smallest absolute Gasteiger partial charge is 0.237 e. The zero-order valence-corrected chi connectivity index (χ0v) is 16.4. The van der Waals surface area contributed by atoms with Gasteiger partial charge in [0.25, 0.3) is 0 Å². The number of likely N-dealkylation sites (tertiary alicyclic amines) is 1. The number of ether oxygens (including phenoxy) is 1. The Morgan fingerprint density at radius 3 is 2.69 bits per heavy atom. The van der Waals surface area contributed by atoms with E-state index in [0.717, 1.165) is 44.8 Å². The lowest BCUT2D eigenvalue weighted by Crippen LogP contribution is -2.40. The van der Waals surface area contributed by atoms with Gasteiger partial charge in [-0.25, -0.2) is 0 Å². The predicted molar refractivity (Wildman–Crippen MR) is 105 cm³/mol. The topological polar surface area (TPSA) is 36.0 Å². The molecule has 3 rings (SSSR count). The Morgan fingerprint density at radius 1 is 1.12 bits per heavy atom. The van der Waals surface area contributed by atoms with Crippen molar-refractivity contribution >= 4 is 5.91 Å². The molecule has 0 aliphatic carbocycles. The van der Waals surface area contributed by atoms with Crippen molar-refractivity contribution in [2.75, 3.05) is 53.4 Å². The van der Waals surface area contributed by atoms with Crippen molar-refractivity contribution < 1.29 is 9.53 Å². The van der Waals surface area contributed by atoms with Gasteiger partial charge in [0.2, 0.25) is 5.91 Å². The van der Waals surface area contributed by atoms with Crippen LogP contribution in [0.5, 0.6) is 5.75 Å². The highest BCUT2D eigenvalue weighted by Gasteiger charge is 2.21. The summed E-state index contributed by atoms with van der Waals surface area (Å²) in [4.78, 5) is 18.7. The molecule has 5 nitrogen and oxygen atoms in total. The first-order valence-electron chi connectivity index (χ1n) is 10.0. The van der Waals surface area contributed by atoms with Crippen LogP contribution >= 0.6 is 0 Å². The summed E-state index contributed by atoms with van der Waals surface area (Å²) in [5.41, 5.74) is 2.58. The minimum atomic E-state index is 0.207. The largest absolute Gasteiger partial charge is 0.494 e. The molecule has 0 unspecified atom stereocenters. The maximum atomic E-state index is 12.2. The number of carbonyl (C=O) groups excluding carboxylic acids is 1. The van der Waals surface area contributed by atoms with Crippen LogP contribution in [0.3, 0.4) is 0 Å². The first-order valence-corrected chi connectivity index (χ1v) is 10.0. The van der Waals surface area contributed by atoms with Crippen molar-refractivity contribution in [2.24, 2.45) is 0 Å². The van der Waals surface area contributed by atoms with Crippen LogP contribution in [0.2, 0.25) is 0 Å². The van der Waals surface area contributed by atoms with Gasteiger partial charge in [0.05, 0.1) is 13.2 Å². The molecule has 1 amide bonds. The molecule has 0 bridgehead atoms. The van der Waals surface area contributed by atoms with Crippen LogP contribution in [-0.4, -0.2) is 74.0 Å². The molecule has 0 saturated carbocycles. The summed E-state index contributed by atoms with van der Waals surface area (Å²) in [5.74, 6) is 1.18. The molecule has 0 atom stereocenters. The summed E-state index contributed by atoms with van der Waals surface area (Å²) in [6, 6.07) is 6.36.